The number of rotatable bonds is 9. The molecule has 1 aromatic heterocycles. The summed E-state index contributed by atoms with van der Waals surface area (Å²) in [5, 5.41) is 5.64. The molecule has 0 amide bonds. The van der Waals surface area contributed by atoms with E-state index < -0.39 is 10.0 Å². The van der Waals surface area contributed by atoms with Gasteiger partial charge >= 0.3 is 0 Å². The predicted molar refractivity (Wildman–Crippen MR) is 90.6 cm³/mol. The molecule has 2 N–H and O–H groups in total. The number of thiazole rings is 1. The van der Waals surface area contributed by atoms with Crippen LogP contribution < -0.4 is 10.0 Å². The maximum atomic E-state index is 12.0. The first-order valence-corrected chi connectivity index (χ1v) is 9.95. The van der Waals surface area contributed by atoms with Crippen LogP contribution in [0.5, 0.6) is 0 Å². The fourth-order valence-corrected chi connectivity index (χ4v) is 4.04. The fraction of sp³-hybridized carbons (Fsp3) is 0.786. The first kappa shape index (κ1) is 18.4. The number of hydrogen-bond donors (Lipinski definition) is 2. The average molecular weight is 334 g/mol. The Hall–Kier alpha value is -0.660. The van der Waals surface area contributed by atoms with Gasteiger partial charge in [-0.2, -0.15) is 0 Å². The van der Waals surface area contributed by atoms with Crippen LogP contribution >= 0.6 is 11.3 Å². The largest absolute Gasteiger partial charge is 0.317 e. The number of sulfonamides is 1. The molecular weight excluding hydrogens is 306 g/mol. The van der Waals surface area contributed by atoms with Crippen LogP contribution in [0.3, 0.4) is 0 Å². The van der Waals surface area contributed by atoms with E-state index in [1.54, 1.807) is 0 Å². The average Bonchev–Trinajstić information content (AvgIpc) is 2.81. The van der Waals surface area contributed by atoms with Crippen LogP contribution in [-0.4, -0.2) is 32.2 Å². The van der Waals surface area contributed by atoms with Crippen molar-refractivity contribution in [3.8, 4) is 0 Å². The van der Waals surface area contributed by atoms with Crippen molar-refractivity contribution < 1.29 is 8.42 Å². The minimum absolute atomic E-state index is 0.0643. The smallest absolute Gasteiger partial charge is 0.234 e. The minimum atomic E-state index is -3.29. The highest BCUT2D eigenvalue weighted by molar-refractivity contribution is 7.92. The van der Waals surface area contributed by atoms with Crippen LogP contribution in [0.1, 0.15) is 52.7 Å². The number of aromatic nitrogens is 1. The van der Waals surface area contributed by atoms with Crippen LogP contribution in [0, 0.1) is 0 Å². The summed E-state index contributed by atoms with van der Waals surface area (Å²) in [7, 11) is -3.29. The van der Waals surface area contributed by atoms with Crippen molar-refractivity contribution >= 4 is 26.5 Å². The Labute approximate surface area is 132 Å². The van der Waals surface area contributed by atoms with E-state index in [0.29, 0.717) is 11.6 Å². The van der Waals surface area contributed by atoms with Gasteiger partial charge < -0.3 is 5.32 Å². The molecule has 122 valence electrons. The van der Waals surface area contributed by atoms with Crippen LogP contribution in [0.4, 0.5) is 5.13 Å². The van der Waals surface area contributed by atoms with Crippen molar-refractivity contribution in [2.75, 3.05) is 23.6 Å². The molecule has 1 aromatic rings. The van der Waals surface area contributed by atoms with Crippen LogP contribution in [-0.2, 0) is 15.4 Å². The van der Waals surface area contributed by atoms with E-state index >= 15 is 0 Å². The molecular formula is C14H27N3O2S2. The summed E-state index contributed by atoms with van der Waals surface area (Å²) in [6, 6.07) is 0. The minimum Gasteiger partial charge on any atom is -0.317 e. The molecule has 0 bridgehead atoms. The van der Waals surface area contributed by atoms with Gasteiger partial charge in [0.2, 0.25) is 10.0 Å². The van der Waals surface area contributed by atoms with Crippen LogP contribution in [0.25, 0.3) is 0 Å². The highest BCUT2D eigenvalue weighted by Crippen LogP contribution is 2.26. The molecule has 21 heavy (non-hydrogen) atoms. The van der Waals surface area contributed by atoms with E-state index in [0.717, 1.165) is 31.6 Å². The molecule has 1 heterocycles. The molecule has 0 unspecified atom stereocenters. The van der Waals surface area contributed by atoms with E-state index in [9.17, 15) is 8.42 Å². The quantitative estimate of drug-likeness (QED) is 0.682. The lowest BCUT2D eigenvalue weighted by Gasteiger charge is -2.14. The molecule has 0 aromatic carbocycles. The zero-order valence-electron chi connectivity index (χ0n) is 13.4. The summed E-state index contributed by atoms with van der Waals surface area (Å²) in [6.45, 7) is 10.1. The summed E-state index contributed by atoms with van der Waals surface area (Å²) in [6.07, 6.45) is 2.62. The lowest BCUT2D eigenvalue weighted by Crippen LogP contribution is -2.20. The van der Waals surface area contributed by atoms with Crippen molar-refractivity contribution in [1.29, 1.82) is 0 Å². The molecule has 0 saturated heterocycles. The van der Waals surface area contributed by atoms with Gasteiger partial charge in [-0.15, -0.1) is 11.3 Å². The Morgan fingerprint density at radius 1 is 1.24 bits per heavy atom. The van der Waals surface area contributed by atoms with E-state index in [1.165, 1.54) is 11.3 Å². The van der Waals surface area contributed by atoms with E-state index in [2.05, 4.69) is 42.7 Å². The first-order valence-electron chi connectivity index (χ1n) is 7.42. The highest BCUT2D eigenvalue weighted by atomic mass is 32.2. The molecule has 0 spiro atoms. The van der Waals surface area contributed by atoms with E-state index in [4.69, 9.17) is 0 Å². The molecule has 7 heteroatoms. The number of nitrogens with one attached hydrogen (secondary N) is 2. The number of anilines is 1. The molecule has 0 atom stereocenters. The Morgan fingerprint density at radius 3 is 2.52 bits per heavy atom. The molecule has 0 radical (unpaired) electrons. The standard InChI is InChI=1S/C14H27N3O2S2/c1-5-8-15-9-6-7-10-21(18,19)17-13-16-12(11-20-13)14(2,3)4/h11,15H,5-10H2,1-4H3,(H,16,17). The Bertz CT molecular complexity index is 519. The maximum Gasteiger partial charge on any atom is 0.234 e. The Balaban J connectivity index is 2.40. The third-order valence-corrected chi connectivity index (χ3v) is 5.18. The molecule has 0 aliphatic carbocycles. The lowest BCUT2D eigenvalue weighted by atomic mass is 9.93. The Morgan fingerprint density at radius 2 is 1.95 bits per heavy atom. The van der Waals surface area contributed by atoms with Gasteiger partial charge in [0.15, 0.2) is 5.13 Å². The van der Waals surface area contributed by atoms with E-state index in [1.807, 2.05) is 5.38 Å². The van der Waals surface area contributed by atoms with Gasteiger partial charge in [0.25, 0.3) is 0 Å². The van der Waals surface area contributed by atoms with Crippen molar-refractivity contribution in [3.05, 3.63) is 11.1 Å². The third kappa shape index (κ3) is 7.24. The number of unbranched alkanes of at least 4 members (excludes halogenated alkanes) is 1. The summed E-state index contributed by atoms with van der Waals surface area (Å²) < 4.78 is 26.5. The topological polar surface area (TPSA) is 71.1 Å². The molecule has 0 aliphatic heterocycles. The van der Waals surface area contributed by atoms with Gasteiger partial charge in [-0.1, -0.05) is 27.7 Å². The third-order valence-electron chi connectivity index (χ3n) is 2.96. The predicted octanol–water partition coefficient (Wildman–Crippen LogP) is 2.96. The zero-order valence-corrected chi connectivity index (χ0v) is 15.0. The summed E-state index contributed by atoms with van der Waals surface area (Å²) in [4.78, 5) is 4.35. The highest BCUT2D eigenvalue weighted by Gasteiger charge is 2.19. The van der Waals surface area contributed by atoms with Crippen molar-refractivity contribution in [2.45, 2.75) is 52.4 Å². The zero-order chi connectivity index (χ0) is 15.9. The van der Waals surface area contributed by atoms with Crippen molar-refractivity contribution in [1.82, 2.24) is 10.3 Å². The summed E-state index contributed by atoms with van der Waals surface area (Å²) >= 11 is 1.34. The summed E-state index contributed by atoms with van der Waals surface area (Å²) in [5.74, 6) is 0.144. The molecule has 0 aliphatic rings. The van der Waals surface area contributed by atoms with Gasteiger partial charge in [0.1, 0.15) is 0 Å². The number of hydrogen-bond acceptors (Lipinski definition) is 5. The second-order valence-corrected chi connectivity index (χ2v) is 8.87. The lowest BCUT2D eigenvalue weighted by molar-refractivity contribution is 0.573. The second-order valence-electron chi connectivity index (χ2n) is 6.17. The maximum absolute atomic E-state index is 12.0. The normalized spacial score (nSPS) is 12.6. The molecule has 0 saturated carbocycles. The van der Waals surface area contributed by atoms with Crippen molar-refractivity contribution in [3.63, 3.8) is 0 Å². The first-order chi connectivity index (χ1) is 9.74. The van der Waals surface area contributed by atoms with Gasteiger partial charge in [0, 0.05) is 10.8 Å². The Kier molecular flexibility index (Phi) is 7.09. The van der Waals surface area contributed by atoms with Crippen LogP contribution in [0.15, 0.2) is 5.38 Å². The van der Waals surface area contributed by atoms with Gasteiger partial charge in [0.05, 0.1) is 11.4 Å². The van der Waals surface area contributed by atoms with Gasteiger partial charge in [-0.05, 0) is 32.4 Å². The second kappa shape index (κ2) is 8.10. The molecule has 1 rings (SSSR count). The fourth-order valence-electron chi connectivity index (χ4n) is 1.69. The monoisotopic (exact) mass is 333 g/mol. The van der Waals surface area contributed by atoms with Crippen molar-refractivity contribution in [2.24, 2.45) is 0 Å². The summed E-state index contributed by atoms with van der Waals surface area (Å²) in [5.41, 5.74) is 0.847. The molecule has 5 nitrogen and oxygen atoms in total. The van der Waals surface area contributed by atoms with Gasteiger partial charge in [-0.25, -0.2) is 13.4 Å². The number of nitrogens with zero attached hydrogens (tertiary/aromatic N) is 1. The van der Waals surface area contributed by atoms with Crippen LogP contribution in [0.2, 0.25) is 0 Å². The SMILES string of the molecule is CCCNCCCCS(=O)(=O)Nc1nc(C(C)(C)C)cs1. The molecule has 0 fully saturated rings. The van der Waals surface area contributed by atoms with Gasteiger partial charge in [-0.3, -0.25) is 4.72 Å². The van der Waals surface area contributed by atoms with E-state index in [-0.39, 0.29) is 11.2 Å².